The van der Waals surface area contributed by atoms with E-state index < -0.39 is 23.3 Å². The Morgan fingerprint density at radius 1 is 1.11 bits per heavy atom. The van der Waals surface area contributed by atoms with Gasteiger partial charge in [-0.05, 0) is 30.0 Å². The molecule has 0 spiro atoms. The Balaban J connectivity index is 1.94. The first kappa shape index (κ1) is 19.0. The molecule has 0 aliphatic rings. The third-order valence-corrected chi connectivity index (χ3v) is 4.66. The number of nitrogens with one attached hydrogen (secondary N) is 1. The second-order valence-corrected chi connectivity index (χ2v) is 6.67. The third-order valence-electron chi connectivity index (χ3n) is 3.92. The van der Waals surface area contributed by atoms with Crippen LogP contribution in [0.5, 0.6) is 0 Å². The van der Waals surface area contributed by atoms with Gasteiger partial charge in [-0.3, -0.25) is 9.48 Å². The highest BCUT2D eigenvalue weighted by molar-refractivity contribution is 7.98. The summed E-state index contributed by atoms with van der Waals surface area (Å²) in [5.74, 6) is -0.858. The van der Waals surface area contributed by atoms with Crippen LogP contribution in [0.4, 0.5) is 18.9 Å². The lowest BCUT2D eigenvalue weighted by Crippen LogP contribution is -2.18. The number of carbonyl (C=O) groups is 1. The zero-order valence-corrected chi connectivity index (χ0v) is 15.4. The molecule has 140 valence electrons. The van der Waals surface area contributed by atoms with Crippen LogP contribution in [0.1, 0.15) is 16.1 Å². The molecule has 1 aromatic heterocycles. The van der Waals surface area contributed by atoms with Gasteiger partial charge in [0.2, 0.25) is 0 Å². The van der Waals surface area contributed by atoms with Gasteiger partial charge in [0.1, 0.15) is 0 Å². The molecule has 1 amide bonds. The highest BCUT2D eigenvalue weighted by atomic mass is 32.2. The monoisotopic (exact) mass is 391 g/mol. The number of para-hydroxylation sites is 1. The highest BCUT2D eigenvalue weighted by Crippen LogP contribution is 2.33. The second-order valence-electron chi connectivity index (χ2n) is 5.79. The SMILES string of the molecule is CSc1ccc(-c2ccccc2NC(=O)c2cn(C)nc2C(F)(F)F)cc1. The Bertz CT molecular complexity index is 965. The Labute approximate surface area is 158 Å². The zero-order valence-electron chi connectivity index (χ0n) is 14.5. The molecule has 1 N–H and O–H groups in total. The summed E-state index contributed by atoms with van der Waals surface area (Å²) in [6.45, 7) is 0. The van der Waals surface area contributed by atoms with Gasteiger partial charge >= 0.3 is 6.18 Å². The summed E-state index contributed by atoms with van der Waals surface area (Å²) < 4.78 is 40.3. The number of benzene rings is 2. The molecule has 8 heteroatoms. The van der Waals surface area contributed by atoms with E-state index in [-0.39, 0.29) is 0 Å². The number of anilines is 1. The van der Waals surface area contributed by atoms with E-state index >= 15 is 0 Å². The first-order valence-electron chi connectivity index (χ1n) is 7.95. The predicted molar refractivity (Wildman–Crippen MR) is 99.8 cm³/mol. The minimum absolute atomic E-state index is 0.427. The summed E-state index contributed by atoms with van der Waals surface area (Å²) >= 11 is 1.61. The molecule has 0 saturated carbocycles. The van der Waals surface area contributed by atoms with Crippen molar-refractivity contribution in [2.45, 2.75) is 11.1 Å². The van der Waals surface area contributed by atoms with Crippen molar-refractivity contribution in [3.8, 4) is 11.1 Å². The molecule has 0 aliphatic heterocycles. The van der Waals surface area contributed by atoms with Gasteiger partial charge in [-0.2, -0.15) is 18.3 Å². The van der Waals surface area contributed by atoms with Gasteiger partial charge < -0.3 is 5.32 Å². The Kier molecular flexibility index (Phi) is 5.27. The predicted octanol–water partition coefficient (Wildman–Crippen LogP) is 5.08. The number of aromatic nitrogens is 2. The number of aryl methyl sites for hydroxylation is 1. The van der Waals surface area contributed by atoms with Crippen LogP contribution >= 0.6 is 11.8 Å². The van der Waals surface area contributed by atoms with Crippen LogP contribution in [0.3, 0.4) is 0 Å². The fraction of sp³-hybridized carbons (Fsp3) is 0.158. The van der Waals surface area contributed by atoms with Crippen LogP contribution in [0.15, 0.2) is 59.6 Å². The average Bonchev–Trinajstić information content (AvgIpc) is 3.05. The Morgan fingerprint density at radius 3 is 2.41 bits per heavy atom. The van der Waals surface area contributed by atoms with Crippen molar-refractivity contribution >= 4 is 23.4 Å². The number of amides is 1. The summed E-state index contributed by atoms with van der Waals surface area (Å²) in [7, 11) is 1.34. The molecule has 27 heavy (non-hydrogen) atoms. The largest absolute Gasteiger partial charge is 0.435 e. The van der Waals surface area contributed by atoms with Gasteiger partial charge in [0, 0.05) is 29.4 Å². The summed E-state index contributed by atoms with van der Waals surface area (Å²) in [5, 5.41) is 5.96. The maximum absolute atomic E-state index is 13.1. The quantitative estimate of drug-likeness (QED) is 0.631. The Morgan fingerprint density at radius 2 is 1.78 bits per heavy atom. The molecule has 4 nitrogen and oxygen atoms in total. The fourth-order valence-electron chi connectivity index (χ4n) is 2.67. The summed E-state index contributed by atoms with van der Waals surface area (Å²) in [6, 6.07) is 14.7. The standard InChI is InChI=1S/C19H16F3N3OS/c1-25-11-15(17(24-25)19(20,21)22)18(26)23-16-6-4-3-5-14(16)12-7-9-13(27-2)10-8-12/h3-11H,1-2H3,(H,23,26). The van der Waals surface area contributed by atoms with Gasteiger partial charge in [0.25, 0.3) is 5.91 Å². The van der Waals surface area contributed by atoms with Crippen LogP contribution in [0.2, 0.25) is 0 Å². The van der Waals surface area contributed by atoms with E-state index in [1.54, 1.807) is 36.0 Å². The van der Waals surface area contributed by atoms with Gasteiger partial charge in [0.15, 0.2) is 5.69 Å². The maximum Gasteiger partial charge on any atom is 0.435 e. The van der Waals surface area contributed by atoms with Gasteiger partial charge in [-0.25, -0.2) is 0 Å². The number of rotatable bonds is 4. The molecular formula is C19H16F3N3OS. The van der Waals surface area contributed by atoms with E-state index in [1.165, 1.54) is 7.05 Å². The van der Waals surface area contributed by atoms with E-state index in [1.807, 2.05) is 30.5 Å². The Hall–Kier alpha value is -2.74. The van der Waals surface area contributed by atoms with Crippen molar-refractivity contribution in [2.75, 3.05) is 11.6 Å². The smallest absolute Gasteiger partial charge is 0.321 e. The van der Waals surface area contributed by atoms with Crippen molar-refractivity contribution in [2.24, 2.45) is 7.05 Å². The molecule has 0 fully saturated rings. The van der Waals surface area contributed by atoms with E-state index in [2.05, 4.69) is 10.4 Å². The number of hydrogen-bond donors (Lipinski definition) is 1. The van der Waals surface area contributed by atoms with Crippen molar-refractivity contribution in [1.29, 1.82) is 0 Å². The fourth-order valence-corrected chi connectivity index (χ4v) is 3.08. The molecule has 3 aromatic rings. The first-order valence-corrected chi connectivity index (χ1v) is 9.17. The number of thioether (sulfide) groups is 1. The number of carbonyl (C=O) groups excluding carboxylic acids is 1. The average molecular weight is 391 g/mol. The lowest BCUT2D eigenvalue weighted by molar-refractivity contribution is -0.141. The van der Waals surface area contributed by atoms with Crippen LogP contribution in [0, 0.1) is 0 Å². The van der Waals surface area contributed by atoms with Crippen LogP contribution in [-0.4, -0.2) is 21.9 Å². The maximum atomic E-state index is 13.1. The van der Waals surface area contributed by atoms with Crippen LogP contribution in [-0.2, 0) is 13.2 Å². The van der Waals surface area contributed by atoms with E-state index in [4.69, 9.17) is 0 Å². The summed E-state index contributed by atoms with van der Waals surface area (Å²) in [5.41, 5.74) is 0.278. The molecule has 0 atom stereocenters. The number of hydrogen-bond acceptors (Lipinski definition) is 3. The second kappa shape index (κ2) is 7.48. The molecule has 2 aromatic carbocycles. The molecule has 1 heterocycles. The van der Waals surface area contributed by atoms with Crippen molar-refractivity contribution < 1.29 is 18.0 Å². The number of halogens is 3. The molecule has 0 unspecified atom stereocenters. The van der Waals surface area contributed by atoms with Crippen molar-refractivity contribution in [1.82, 2.24) is 9.78 Å². The van der Waals surface area contributed by atoms with E-state index in [9.17, 15) is 18.0 Å². The minimum atomic E-state index is -4.71. The third kappa shape index (κ3) is 4.16. The first-order chi connectivity index (χ1) is 12.8. The summed E-state index contributed by atoms with van der Waals surface area (Å²) in [4.78, 5) is 13.6. The molecule has 0 aliphatic carbocycles. The minimum Gasteiger partial charge on any atom is -0.321 e. The van der Waals surface area contributed by atoms with Crippen LogP contribution in [0.25, 0.3) is 11.1 Å². The molecular weight excluding hydrogens is 375 g/mol. The lowest BCUT2D eigenvalue weighted by Gasteiger charge is -2.12. The lowest BCUT2D eigenvalue weighted by atomic mass is 10.0. The zero-order chi connectivity index (χ0) is 19.6. The van der Waals surface area contributed by atoms with Crippen molar-refractivity contribution in [3.05, 3.63) is 66.0 Å². The molecule has 0 bridgehead atoms. The van der Waals surface area contributed by atoms with Crippen molar-refractivity contribution in [3.63, 3.8) is 0 Å². The number of nitrogens with zero attached hydrogens (tertiary/aromatic N) is 2. The normalized spacial score (nSPS) is 11.4. The van der Waals surface area contributed by atoms with E-state index in [0.29, 0.717) is 5.69 Å². The molecule has 0 saturated heterocycles. The van der Waals surface area contributed by atoms with Crippen LogP contribution < -0.4 is 5.32 Å². The van der Waals surface area contributed by atoms with Gasteiger partial charge in [-0.1, -0.05) is 30.3 Å². The molecule has 0 radical (unpaired) electrons. The van der Waals surface area contributed by atoms with Gasteiger partial charge in [0.05, 0.1) is 5.56 Å². The summed E-state index contributed by atoms with van der Waals surface area (Å²) in [6.07, 6.45) is -1.68. The highest BCUT2D eigenvalue weighted by Gasteiger charge is 2.39. The van der Waals surface area contributed by atoms with Gasteiger partial charge in [-0.15, -0.1) is 11.8 Å². The number of alkyl halides is 3. The molecule has 3 rings (SSSR count). The topological polar surface area (TPSA) is 46.9 Å². The van der Waals surface area contributed by atoms with E-state index in [0.717, 1.165) is 26.9 Å².